The lowest BCUT2D eigenvalue weighted by molar-refractivity contribution is -0.0367. The molecule has 2 saturated carbocycles. The summed E-state index contributed by atoms with van der Waals surface area (Å²) in [6.45, 7) is 39.3. The molecule has 7 N–H and O–H groups in total. The number of aryl methyl sites for hydroxylation is 6. The lowest BCUT2D eigenvalue weighted by Crippen LogP contribution is -2.57. The van der Waals surface area contributed by atoms with Gasteiger partial charge in [-0.1, -0.05) is 72.6 Å². The number of aromatic nitrogens is 8. The molecule has 0 radical (unpaired) electrons. The van der Waals surface area contributed by atoms with Crippen molar-refractivity contribution in [1.82, 2.24) is 45.5 Å². The van der Waals surface area contributed by atoms with Gasteiger partial charge in [0.25, 0.3) is 5.91 Å². The minimum absolute atomic E-state index is 0.0461. The third-order valence-corrected chi connectivity index (χ3v) is 23.0. The van der Waals surface area contributed by atoms with Crippen LogP contribution in [0.5, 0.6) is 11.5 Å². The van der Waals surface area contributed by atoms with Gasteiger partial charge in [0, 0.05) is 61.7 Å². The van der Waals surface area contributed by atoms with Gasteiger partial charge in [-0.25, -0.2) is 24.7 Å². The second-order valence-electron chi connectivity index (χ2n) is 29.5. The van der Waals surface area contributed by atoms with Crippen molar-refractivity contribution < 1.29 is 42.7 Å². The van der Waals surface area contributed by atoms with Gasteiger partial charge in [0.15, 0.2) is 8.32 Å². The van der Waals surface area contributed by atoms with Crippen molar-refractivity contribution in [2.24, 2.45) is 5.73 Å². The molecule has 4 aromatic carbocycles. The highest BCUT2D eigenvalue weighted by Crippen LogP contribution is 2.47. The fraction of sp³-hybridized carbons (Fsp3) is 0.444. The molecule has 0 spiro atoms. The van der Waals surface area contributed by atoms with Gasteiger partial charge < -0.3 is 54.2 Å². The number of carbonyl (C=O) groups is 2. The molecule has 6 heterocycles. The first-order valence-electron chi connectivity index (χ1n) is 31.4. The van der Waals surface area contributed by atoms with Crippen LogP contribution in [0.2, 0.25) is 18.1 Å². The highest BCUT2D eigenvalue weighted by Gasteiger charge is 2.48. The van der Waals surface area contributed by atoms with E-state index in [1.54, 1.807) is 33.3 Å². The Hall–Kier alpha value is -8.30. The van der Waals surface area contributed by atoms with Crippen LogP contribution in [0.25, 0.3) is 88.6 Å². The number of amides is 1. The summed E-state index contributed by atoms with van der Waals surface area (Å²) in [4.78, 5) is 51.4. The lowest BCUT2D eigenvalue weighted by Gasteiger charge is -2.51. The summed E-state index contributed by atoms with van der Waals surface area (Å²) in [5.74, 6) is 2.84. The molecular weight excluding hydrogens is 1180 g/mol. The number of hydrogen-bond acceptors (Lipinski definition) is 15. The van der Waals surface area contributed by atoms with E-state index < -0.39 is 19.9 Å². The van der Waals surface area contributed by atoms with Gasteiger partial charge in [-0.2, -0.15) is 0 Å². The number of nitrogens with zero attached hydrogens (tertiary/aromatic N) is 6. The summed E-state index contributed by atoms with van der Waals surface area (Å²) in [6.07, 6.45) is 3.14. The number of nitrogens with one attached hydrogen (secondary N) is 3. The number of carboxylic acids is 1. The van der Waals surface area contributed by atoms with Crippen LogP contribution >= 0.6 is 0 Å². The topological polar surface area (TPSA) is 276 Å². The SMILES string of the molecule is CC1(O[Si](C)(C)C(C)(C)C)CC(N)C1.COc1cc2c(cc1-c1c(C)noc1C)[nH]c1nc(C)nc(-c3cc(C(=O)NC4CC(C)(O)C4)cc(C(C)(C)C)c3)c12.COc1cc2c(cc1-c1c(C)noc1C)[nH]c1nc(C)nc(-c3cc(C(=O)O)cc(C(C)(C)C)c3)c12. The van der Waals surface area contributed by atoms with Crippen molar-refractivity contribution in [2.45, 2.75) is 196 Å². The number of aromatic amines is 2. The number of carbonyl (C=O) groups excluding carboxylic acids is 1. The predicted molar refractivity (Wildman–Crippen MR) is 366 cm³/mol. The molecule has 10 aromatic rings. The van der Waals surface area contributed by atoms with E-state index in [0.29, 0.717) is 81.1 Å². The summed E-state index contributed by atoms with van der Waals surface area (Å²) in [5, 5.41) is 35.0. The molecule has 0 unspecified atom stereocenters. The number of hydrogen-bond donors (Lipinski definition) is 6. The second-order valence-corrected chi connectivity index (χ2v) is 34.2. The van der Waals surface area contributed by atoms with Crippen LogP contribution in [0.15, 0.2) is 69.7 Å². The smallest absolute Gasteiger partial charge is 0.335 e. The van der Waals surface area contributed by atoms with E-state index >= 15 is 0 Å². The zero-order valence-corrected chi connectivity index (χ0v) is 58.3. The number of nitrogens with two attached hydrogens (primary N) is 1. The molecule has 2 aliphatic carbocycles. The number of H-pyrrole nitrogens is 2. The Balaban J connectivity index is 0.000000168. The van der Waals surface area contributed by atoms with Crippen LogP contribution in [0.3, 0.4) is 0 Å². The molecule has 0 atom stereocenters. The van der Waals surface area contributed by atoms with E-state index in [9.17, 15) is 19.8 Å². The van der Waals surface area contributed by atoms with Crippen molar-refractivity contribution >= 4 is 64.1 Å². The highest BCUT2D eigenvalue weighted by molar-refractivity contribution is 6.74. The summed E-state index contributed by atoms with van der Waals surface area (Å²) < 4.78 is 28.8. The monoisotopic (exact) mass is 1270 g/mol. The maximum Gasteiger partial charge on any atom is 0.335 e. The third-order valence-electron chi connectivity index (χ3n) is 18.4. The fourth-order valence-electron chi connectivity index (χ4n) is 12.7. The number of ether oxygens (including phenoxy) is 2. The molecule has 1 amide bonds. The van der Waals surface area contributed by atoms with E-state index in [-0.39, 0.29) is 33.9 Å². The average molecular weight is 1270 g/mol. The molecule has 486 valence electrons. The molecule has 6 aromatic heterocycles. The highest BCUT2D eigenvalue weighted by atomic mass is 28.4. The summed E-state index contributed by atoms with van der Waals surface area (Å²) >= 11 is 0. The fourth-order valence-corrected chi connectivity index (χ4v) is 14.4. The van der Waals surface area contributed by atoms with Crippen molar-refractivity contribution in [3.63, 3.8) is 0 Å². The first-order chi connectivity index (χ1) is 42.8. The summed E-state index contributed by atoms with van der Waals surface area (Å²) in [7, 11) is 1.69. The van der Waals surface area contributed by atoms with Crippen LogP contribution in [0.1, 0.15) is 168 Å². The van der Waals surface area contributed by atoms with Gasteiger partial charge in [0.1, 0.15) is 46.0 Å². The van der Waals surface area contributed by atoms with Crippen molar-refractivity contribution in [2.75, 3.05) is 14.2 Å². The van der Waals surface area contributed by atoms with Gasteiger partial charge in [0.2, 0.25) is 0 Å². The molecular formula is C72H90N10O9Si. The largest absolute Gasteiger partial charge is 0.496 e. The van der Waals surface area contributed by atoms with E-state index in [1.165, 1.54) is 0 Å². The maximum atomic E-state index is 13.4. The van der Waals surface area contributed by atoms with Crippen LogP contribution in [0, 0.1) is 41.5 Å². The predicted octanol–water partition coefficient (Wildman–Crippen LogP) is 15.6. The van der Waals surface area contributed by atoms with Crippen LogP contribution in [-0.2, 0) is 15.3 Å². The first-order valence-corrected chi connectivity index (χ1v) is 34.3. The Morgan fingerprint density at radius 2 is 1.05 bits per heavy atom. The van der Waals surface area contributed by atoms with Gasteiger partial charge in [-0.15, -0.1) is 0 Å². The Morgan fingerprint density at radius 3 is 1.41 bits per heavy atom. The maximum absolute atomic E-state index is 13.4. The van der Waals surface area contributed by atoms with Crippen molar-refractivity contribution in [1.29, 1.82) is 0 Å². The Bertz CT molecular complexity index is 4480. The van der Waals surface area contributed by atoms with Crippen LogP contribution < -0.4 is 20.5 Å². The van der Waals surface area contributed by atoms with Crippen molar-refractivity contribution in [3.05, 3.63) is 117 Å². The Morgan fingerprint density at radius 1 is 0.630 bits per heavy atom. The summed E-state index contributed by atoms with van der Waals surface area (Å²) in [6, 6.07) is 19.7. The van der Waals surface area contributed by atoms with Crippen LogP contribution in [-0.4, -0.2) is 108 Å². The van der Waals surface area contributed by atoms with Crippen LogP contribution in [0.4, 0.5) is 0 Å². The average Bonchev–Trinajstić information content (AvgIpc) is 1.56. The molecule has 0 aliphatic heterocycles. The zero-order chi connectivity index (χ0) is 67.3. The number of fused-ring (bicyclic) bond motifs is 6. The number of methoxy groups -OCH3 is 2. The summed E-state index contributed by atoms with van der Waals surface area (Å²) in [5.41, 5.74) is 18.6. The third kappa shape index (κ3) is 13.2. The molecule has 92 heavy (non-hydrogen) atoms. The molecule has 2 fully saturated rings. The molecule has 20 heteroatoms. The van der Waals surface area contributed by atoms with E-state index in [2.05, 4.69) is 119 Å². The van der Waals surface area contributed by atoms with Gasteiger partial charge in [-0.3, -0.25) is 4.79 Å². The standard InChI is InChI=1S/C33H37N5O4.C28H28N4O4.C11H25NOSi/c1-16-27(17(2)42-38-16)24-12-25-23(13-26(24)41-8)28-29(34-18(3)35-30(28)37-25)19-9-20(11-21(10-19)32(4,5)6)31(39)36-22-14-33(7,40)15-22;1-13-23(14(2)36-32-13)20-11-21-19(12-22(20)35-7)24-25(29-15(3)30-26(24)31-21)16-8-17(27(33)34)10-18(9-16)28(4,5)6;1-10(2,3)14(5,6)13-11(4)7-9(12)8-11/h9-13,22,40H,14-15H2,1-8H3,(H,36,39)(H,34,35,37);8-12H,1-7H3,(H,33,34)(H,29,30,31);9H,7-8,12H2,1-6H3. The van der Waals surface area contributed by atoms with Gasteiger partial charge >= 0.3 is 5.97 Å². The van der Waals surface area contributed by atoms with E-state index in [0.717, 1.165) is 107 Å². The number of aliphatic hydroxyl groups is 1. The van der Waals surface area contributed by atoms with Crippen molar-refractivity contribution in [3.8, 4) is 56.3 Å². The van der Waals surface area contributed by atoms with Gasteiger partial charge in [-0.05, 0) is 182 Å². The van der Waals surface area contributed by atoms with E-state index in [4.69, 9.17) is 43.6 Å². The molecule has 2 aliphatic rings. The number of benzene rings is 4. The second kappa shape index (κ2) is 24.0. The minimum atomic E-state index is -1.60. The molecule has 19 nitrogen and oxygen atoms in total. The normalized spacial score (nSPS) is 18.5. The Kier molecular flexibility index (Phi) is 17.4. The number of aromatic carboxylic acids is 1. The lowest BCUT2D eigenvalue weighted by atomic mass is 9.77. The molecule has 12 rings (SSSR count). The first kappa shape index (κ1) is 66.6. The Labute approximate surface area is 539 Å². The minimum Gasteiger partial charge on any atom is -0.496 e. The quantitative estimate of drug-likeness (QED) is 0.0657. The number of rotatable bonds is 11. The zero-order valence-electron chi connectivity index (χ0n) is 57.3. The number of carboxylic acid groups (broad SMARTS) is 1. The molecule has 0 saturated heterocycles. The molecule has 0 bridgehead atoms. The van der Waals surface area contributed by atoms with E-state index in [1.807, 2.05) is 84.0 Å². The van der Waals surface area contributed by atoms with Gasteiger partial charge in [0.05, 0.1) is 75.7 Å².